The Labute approximate surface area is 210 Å². The maximum atomic E-state index is 14.0. The molecule has 2 N–H and O–H groups in total. The molecule has 0 radical (unpaired) electrons. The zero-order chi connectivity index (χ0) is 24.6. The lowest BCUT2D eigenvalue weighted by Gasteiger charge is -2.34. The Kier molecular flexibility index (Phi) is 6.77. The lowest BCUT2D eigenvalue weighted by atomic mass is 9.96. The Morgan fingerprint density at radius 2 is 1.62 bits per heavy atom. The molecule has 0 saturated heterocycles. The van der Waals surface area contributed by atoms with Crippen LogP contribution in [0.15, 0.2) is 71.2 Å². The maximum Gasteiger partial charge on any atom is 0.331 e. The van der Waals surface area contributed by atoms with Crippen LogP contribution in [0.1, 0.15) is 58.9 Å². The SMILES string of the molecule is CC(C)c1ccc2c(c1)C(=O)N(C(C(=O)O)c1ccc(Br)cc1)C(c1ccc(Cl)cc1)C(=O)N2. The summed E-state index contributed by atoms with van der Waals surface area (Å²) < 4.78 is 0.765. The predicted molar refractivity (Wildman–Crippen MR) is 134 cm³/mol. The maximum absolute atomic E-state index is 14.0. The quantitative estimate of drug-likeness (QED) is 0.403. The first-order valence-electron chi connectivity index (χ1n) is 10.7. The second-order valence-corrected chi connectivity index (χ2v) is 9.76. The van der Waals surface area contributed by atoms with Crippen LogP contribution in [0.3, 0.4) is 0 Å². The van der Waals surface area contributed by atoms with Crippen molar-refractivity contribution in [3.63, 3.8) is 0 Å². The predicted octanol–water partition coefficient (Wildman–Crippen LogP) is 6.19. The fourth-order valence-corrected chi connectivity index (χ4v) is 4.47. The van der Waals surface area contributed by atoms with E-state index in [0.717, 1.165) is 14.9 Å². The van der Waals surface area contributed by atoms with E-state index in [1.165, 1.54) is 0 Å². The van der Waals surface area contributed by atoms with Crippen molar-refractivity contribution in [3.8, 4) is 0 Å². The first-order chi connectivity index (χ1) is 16.2. The molecule has 3 aromatic rings. The number of anilines is 1. The molecule has 0 saturated carbocycles. The van der Waals surface area contributed by atoms with Gasteiger partial charge in [-0.05, 0) is 59.0 Å². The van der Waals surface area contributed by atoms with Gasteiger partial charge in [0.25, 0.3) is 11.8 Å². The van der Waals surface area contributed by atoms with Gasteiger partial charge in [0.05, 0.1) is 11.3 Å². The van der Waals surface area contributed by atoms with Crippen molar-refractivity contribution in [1.29, 1.82) is 0 Å². The van der Waals surface area contributed by atoms with Crippen LogP contribution in [0.5, 0.6) is 0 Å². The molecule has 3 aromatic carbocycles. The number of rotatable bonds is 5. The number of amides is 2. The van der Waals surface area contributed by atoms with Crippen LogP contribution in [-0.2, 0) is 9.59 Å². The van der Waals surface area contributed by atoms with E-state index in [0.29, 0.717) is 21.8 Å². The van der Waals surface area contributed by atoms with E-state index in [1.54, 1.807) is 60.7 Å². The number of carboxylic acids is 1. The first-order valence-corrected chi connectivity index (χ1v) is 11.9. The molecule has 2 amide bonds. The van der Waals surface area contributed by atoms with E-state index in [1.807, 2.05) is 19.9 Å². The van der Waals surface area contributed by atoms with E-state index in [-0.39, 0.29) is 11.5 Å². The van der Waals surface area contributed by atoms with E-state index in [2.05, 4.69) is 21.2 Å². The Hall–Kier alpha value is -3.16. The smallest absolute Gasteiger partial charge is 0.331 e. The number of aliphatic carboxylic acids is 1. The van der Waals surface area contributed by atoms with Gasteiger partial charge in [-0.3, -0.25) is 9.59 Å². The number of benzene rings is 3. The lowest BCUT2D eigenvalue weighted by molar-refractivity contribution is -0.144. The number of carbonyl (C=O) groups excluding carboxylic acids is 2. The minimum atomic E-state index is -1.40. The molecule has 1 aliphatic heterocycles. The number of fused-ring (bicyclic) bond motifs is 1. The highest BCUT2D eigenvalue weighted by Gasteiger charge is 2.44. The minimum Gasteiger partial charge on any atom is -0.479 e. The summed E-state index contributed by atoms with van der Waals surface area (Å²) in [4.78, 5) is 41.3. The summed E-state index contributed by atoms with van der Waals surface area (Å²) in [6.07, 6.45) is 0. The summed E-state index contributed by atoms with van der Waals surface area (Å²) >= 11 is 9.40. The van der Waals surface area contributed by atoms with Crippen molar-refractivity contribution in [2.45, 2.75) is 31.8 Å². The van der Waals surface area contributed by atoms with Crippen molar-refractivity contribution in [2.75, 3.05) is 5.32 Å². The second-order valence-electron chi connectivity index (χ2n) is 8.41. The van der Waals surface area contributed by atoms with Gasteiger partial charge in [-0.1, -0.05) is 71.7 Å². The average molecular weight is 542 g/mol. The number of hydrogen-bond donors (Lipinski definition) is 2. The number of hydrogen-bond acceptors (Lipinski definition) is 3. The second kappa shape index (κ2) is 9.60. The Balaban J connectivity index is 1.95. The molecule has 0 spiro atoms. The summed E-state index contributed by atoms with van der Waals surface area (Å²) in [5, 5.41) is 13.6. The minimum absolute atomic E-state index is 0.138. The summed E-state index contributed by atoms with van der Waals surface area (Å²) in [6, 6.07) is 15.8. The average Bonchev–Trinajstić information content (AvgIpc) is 2.90. The van der Waals surface area contributed by atoms with Crippen LogP contribution in [-0.4, -0.2) is 27.8 Å². The van der Waals surface area contributed by atoms with Crippen molar-refractivity contribution >= 4 is 51.0 Å². The number of carboxylic acid groups (broad SMARTS) is 1. The van der Waals surface area contributed by atoms with Crippen LogP contribution in [0.25, 0.3) is 0 Å². The zero-order valence-electron chi connectivity index (χ0n) is 18.5. The highest BCUT2D eigenvalue weighted by molar-refractivity contribution is 9.10. The fraction of sp³-hybridized carbons (Fsp3) is 0.192. The van der Waals surface area contributed by atoms with Gasteiger partial charge in [0.15, 0.2) is 6.04 Å². The Bertz CT molecular complexity index is 1260. The molecule has 8 heteroatoms. The lowest BCUT2D eigenvalue weighted by Crippen LogP contribution is -2.44. The van der Waals surface area contributed by atoms with Crippen LogP contribution in [0, 0.1) is 0 Å². The summed E-state index contributed by atoms with van der Waals surface area (Å²) in [5.41, 5.74) is 2.33. The summed E-state index contributed by atoms with van der Waals surface area (Å²) in [6.45, 7) is 4.00. The largest absolute Gasteiger partial charge is 0.479 e. The molecule has 1 heterocycles. The third-order valence-electron chi connectivity index (χ3n) is 5.84. The molecule has 174 valence electrons. The molecule has 6 nitrogen and oxygen atoms in total. The van der Waals surface area contributed by atoms with Crippen LogP contribution >= 0.6 is 27.5 Å². The Morgan fingerprint density at radius 1 is 1.00 bits per heavy atom. The molecule has 4 rings (SSSR count). The highest BCUT2D eigenvalue weighted by atomic mass is 79.9. The van der Waals surface area contributed by atoms with E-state index >= 15 is 0 Å². The van der Waals surface area contributed by atoms with Crippen molar-refractivity contribution in [3.05, 3.63) is 98.5 Å². The van der Waals surface area contributed by atoms with Crippen molar-refractivity contribution in [2.24, 2.45) is 0 Å². The monoisotopic (exact) mass is 540 g/mol. The number of nitrogens with zero attached hydrogens (tertiary/aromatic N) is 1. The van der Waals surface area contributed by atoms with Gasteiger partial charge in [-0.15, -0.1) is 0 Å². The van der Waals surface area contributed by atoms with Gasteiger partial charge in [-0.2, -0.15) is 0 Å². The zero-order valence-corrected chi connectivity index (χ0v) is 20.8. The summed E-state index contributed by atoms with van der Waals surface area (Å²) in [5.74, 6) is -2.16. The standard InChI is InChI=1S/C26H22BrClN2O4/c1-14(2)17-7-12-21-20(13-17)25(32)30(23(26(33)34)16-3-8-18(27)9-4-16)22(24(31)29-21)15-5-10-19(28)11-6-15/h3-14,22-23H,1-2H3,(H,29,31)(H,33,34). The molecular weight excluding hydrogens is 520 g/mol. The van der Waals surface area contributed by atoms with Crippen molar-refractivity contribution in [1.82, 2.24) is 4.90 Å². The first kappa shape index (κ1) is 24.0. The van der Waals surface area contributed by atoms with Gasteiger partial charge in [0.1, 0.15) is 6.04 Å². The van der Waals surface area contributed by atoms with Gasteiger partial charge in [0.2, 0.25) is 0 Å². The van der Waals surface area contributed by atoms with Crippen LogP contribution < -0.4 is 5.32 Å². The topological polar surface area (TPSA) is 86.7 Å². The third-order valence-corrected chi connectivity index (χ3v) is 6.62. The molecule has 1 aliphatic rings. The number of halogens is 2. The molecule has 0 bridgehead atoms. The number of nitrogens with one attached hydrogen (secondary N) is 1. The van der Waals surface area contributed by atoms with Gasteiger partial charge >= 0.3 is 5.97 Å². The molecule has 2 unspecified atom stereocenters. The molecule has 0 aliphatic carbocycles. The number of carbonyl (C=O) groups is 3. The van der Waals surface area contributed by atoms with E-state index in [9.17, 15) is 19.5 Å². The van der Waals surface area contributed by atoms with Gasteiger partial charge in [0, 0.05) is 9.50 Å². The normalized spacial score (nSPS) is 16.6. The fourth-order valence-electron chi connectivity index (χ4n) is 4.08. The molecule has 0 aromatic heterocycles. The molecule has 2 atom stereocenters. The van der Waals surface area contributed by atoms with Gasteiger partial charge < -0.3 is 15.3 Å². The van der Waals surface area contributed by atoms with E-state index < -0.39 is 29.9 Å². The molecule has 34 heavy (non-hydrogen) atoms. The molecule has 0 fully saturated rings. The van der Waals surface area contributed by atoms with Crippen LogP contribution in [0.4, 0.5) is 5.69 Å². The van der Waals surface area contributed by atoms with E-state index in [4.69, 9.17) is 11.6 Å². The van der Waals surface area contributed by atoms with Gasteiger partial charge in [-0.25, -0.2) is 4.79 Å². The third kappa shape index (κ3) is 4.58. The summed E-state index contributed by atoms with van der Waals surface area (Å²) in [7, 11) is 0. The molecular formula is C26H22BrClN2O4. The Morgan fingerprint density at radius 3 is 2.21 bits per heavy atom. The van der Waals surface area contributed by atoms with Crippen molar-refractivity contribution < 1.29 is 19.5 Å². The highest BCUT2D eigenvalue weighted by Crippen LogP contribution is 2.39. The van der Waals surface area contributed by atoms with Crippen LogP contribution in [0.2, 0.25) is 5.02 Å².